The highest BCUT2D eigenvalue weighted by Crippen LogP contribution is 2.34. The molecule has 0 spiro atoms. The van der Waals surface area contributed by atoms with Gasteiger partial charge in [0.2, 0.25) is 0 Å². The summed E-state index contributed by atoms with van der Waals surface area (Å²) in [6.45, 7) is 2.99. The van der Waals surface area contributed by atoms with Gasteiger partial charge in [-0.05, 0) is 30.4 Å². The van der Waals surface area contributed by atoms with Gasteiger partial charge in [0, 0.05) is 12.3 Å². The average molecular weight is 271 g/mol. The van der Waals surface area contributed by atoms with Crippen molar-refractivity contribution in [3.05, 3.63) is 0 Å². The Kier molecular flexibility index (Phi) is 4.59. The minimum absolute atomic E-state index is 0.155. The van der Waals surface area contributed by atoms with Crippen LogP contribution in [0.1, 0.15) is 51.9 Å². The normalized spacial score (nSPS) is 31.9. The number of hydrogen-bond acceptors (Lipinski definition) is 3. The van der Waals surface area contributed by atoms with E-state index in [0.29, 0.717) is 12.2 Å². The molecule has 18 heavy (non-hydrogen) atoms. The van der Waals surface area contributed by atoms with Crippen LogP contribution in [0.2, 0.25) is 0 Å². The van der Waals surface area contributed by atoms with Crippen LogP contribution in [0.25, 0.3) is 0 Å². The number of aliphatic hydroxyl groups is 1. The number of hydrogen-bond donors (Lipinski definition) is 2. The van der Waals surface area contributed by atoms with Gasteiger partial charge in [-0.25, -0.2) is 0 Å². The Labute approximate surface area is 114 Å². The van der Waals surface area contributed by atoms with Crippen LogP contribution in [0.5, 0.6) is 0 Å². The van der Waals surface area contributed by atoms with Crippen LogP contribution in [0.15, 0.2) is 0 Å². The SMILES string of the molecule is CC1(CNC(=O)C2(O)CCSC2)CCCCCC1. The fourth-order valence-electron chi connectivity index (χ4n) is 2.95. The molecule has 104 valence electrons. The third-order valence-electron chi connectivity index (χ3n) is 4.41. The summed E-state index contributed by atoms with van der Waals surface area (Å²) in [5.41, 5.74) is -0.875. The Balaban J connectivity index is 1.84. The zero-order valence-corrected chi connectivity index (χ0v) is 12.2. The van der Waals surface area contributed by atoms with Gasteiger partial charge in [0.15, 0.2) is 5.60 Å². The number of amides is 1. The molecule has 0 aromatic carbocycles. The van der Waals surface area contributed by atoms with Crippen molar-refractivity contribution in [1.29, 1.82) is 0 Å². The van der Waals surface area contributed by atoms with Crippen LogP contribution in [0, 0.1) is 5.41 Å². The van der Waals surface area contributed by atoms with Crippen molar-refractivity contribution in [2.24, 2.45) is 5.41 Å². The van der Waals surface area contributed by atoms with E-state index in [1.807, 2.05) is 0 Å². The summed E-state index contributed by atoms with van der Waals surface area (Å²) in [6.07, 6.45) is 8.17. The summed E-state index contributed by atoms with van der Waals surface area (Å²) in [4.78, 5) is 12.1. The quantitative estimate of drug-likeness (QED) is 0.775. The third-order valence-corrected chi connectivity index (χ3v) is 5.58. The molecule has 1 aliphatic carbocycles. The van der Waals surface area contributed by atoms with Gasteiger partial charge in [-0.1, -0.05) is 32.6 Å². The molecule has 4 heteroatoms. The molecule has 0 radical (unpaired) electrons. The van der Waals surface area contributed by atoms with E-state index in [-0.39, 0.29) is 11.3 Å². The van der Waals surface area contributed by atoms with Crippen LogP contribution < -0.4 is 5.32 Å². The Bertz CT molecular complexity index is 292. The number of nitrogens with one attached hydrogen (secondary N) is 1. The fourth-order valence-corrected chi connectivity index (χ4v) is 4.19. The minimum atomic E-state index is -1.11. The first-order valence-corrected chi connectivity index (χ1v) is 8.28. The maximum absolute atomic E-state index is 12.1. The molecule has 1 atom stereocenters. The molecule has 2 N–H and O–H groups in total. The smallest absolute Gasteiger partial charge is 0.252 e. The topological polar surface area (TPSA) is 49.3 Å². The highest BCUT2D eigenvalue weighted by molar-refractivity contribution is 7.99. The van der Waals surface area contributed by atoms with Crippen LogP contribution >= 0.6 is 11.8 Å². The van der Waals surface area contributed by atoms with E-state index in [2.05, 4.69) is 12.2 Å². The van der Waals surface area contributed by atoms with Gasteiger partial charge in [-0.3, -0.25) is 4.79 Å². The second kappa shape index (κ2) is 5.83. The van der Waals surface area contributed by atoms with E-state index in [4.69, 9.17) is 0 Å². The first-order chi connectivity index (χ1) is 8.54. The molecule has 2 fully saturated rings. The number of carbonyl (C=O) groups excluding carboxylic acids is 1. The van der Waals surface area contributed by atoms with Crippen molar-refractivity contribution in [2.45, 2.75) is 57.5 Å². The molecule has 1 amide bonds. The molecule has 1 saturated heterocycles. The zero-order valence-electron chi connectivity index (χ0n) is 11.3. The first-order valence-electron chi connectivity index (χ1n) is 7.13. The second-order valence-electron chi connectivity index (χ2n) is 6.24. The molecule has 2 aliphatic rings. The fraction of sp³-hybridized carbons (Fsp3) is 0.929. The Hall–Kier alpha value is -0.220. The van der Waals surface area contributed by atoms with Gasteiger partial charge < -0.3 is 10.4 Å². The number of rotatable bonds is 3. The maximum Gasteiger partial charge on any atom is 0.252 e. The second-order valence-corrected chi connectivity index (χ2v) is 7.35. The molecular weight excluding hydrogens is 246 g/mol. The standard InChI is InChI=1S/C14H25NO2S/c1-13(6-4-2-3-5-7-13)10-15-12(16)14(17)8-9-18-11-14/h17H,2-11H2,1H3,(H,15,16). The number of thioether (sulfide) groups is 1. The van der Waals surface area contributed by atoms with Crippen LogP contribution in [-0.2, 0) is 4.79 Å². The van der Waals surface area contributed by atoms with Crippen molar-refractivity contribution < 1.29 is 9.90 Å². The van der Waals surface area contributed by atoms with Gasteiger partial charge in [-0.2, -0.15) is 11.8 Å². The zero-order chi connectivity index (χ0) is 13.1. The molecule has 2 rings (SSSR count). The van der Waals surface area contributed by atoms with Crippen LogP contribution in [0.4, 0.5) is 0 Å². The van der Waals surface area contributed by atoms with Crippen molar-refractivity contribution >= 4 is 17.7 Å². The maximum atomic E-state index is 12.1. The molecule has 1 unspecified atom stereocenters. The highest BCUT2D eigenvalue weighted by Gasteiger charge is 2.40. The van der Waals surface area contributed by atoms with Crippen LogP contribution in [0.3, 0.4) is 0 Å². The monoisotopic (exact) mass is 271 g/mol. The van der Waals surface area contributed by atoms with Crippen LogP contribution in [-0.4, -0.2) is 34.7 Å². The highest BCUT2D eigenvalue weighted by atomic mass is 32.2. The summed E-state index contributed by atoms with van der Waals surface area (Å²) in [5, 5.41) is 13.2. The molecular formula is C14H25NO2S. The summed E-state index contributed by atoms with van der Waals surface area (Å²) in [7, 11) is 0. The predicted molar refractivity (Wildman–Crippen MR) is 75.7 cm³/mol. The Morgan fingerprint density at radius 3 is 2.44 bits per heavy atom. The summed E-state index contributed by atoms with van der Waals surface area (Å²) in [6, 6.07) is 0. The van der Waals surface area contributed by atoms with Crippen molar-refractivity contribution in [3.8, 4) is 0 Å². The molecule has 1 aliphatic heterocycles. The molecule has 3 nitrogen and oxygen atoms in total. The van der Waals surface area contributed by atoms with Gasteiger partial charge in [0.1, 0.15) is 0 Å². The van der Waals surface area contributed by atoms with Crippen molar-refractivity contribution in [1.82, 2.24) is 5.32 Å². The Morgan fingerprint density at radius 2 is 1.89 bits per heavy atom. The van der Waals surface area contributed by atoms with E-state index < -0.39 is 5.60 Å². The van der Waals surface area contributed by atoms with Gasteiger partial charge in [0.25, 0.3) is 5.91 Å². The van der Waals surface area contributed by atoms with E-state index in [1.165, 1.54) is 38.5 Å². The van der Waals surface area contributed by atoms with Gasteiger partial charge in [-0.15, -0.1) is 0 Å². The van der Waals surface area contributed by atoms with Gasteiger partial charge >= 0.3 is 0 Å². The predicted octanol–water partition coefficient (Wildman–Crippen LogP) is 2.33. The lowest BCUT2D eigenvalue weighted by atomic mass is 9.82. The van der Waals surface area contributed by atoms with E-state index in [1.54, 1.807) is 11.8 Å². The van der Waals surface area contributed by atoms with E-state index in [0.717, 1.165) is 12.3 Å². The van der Waals surface area contributed by atoms with E-state index >= 15 is 0 Å². The molecule has 0 aromatic rings. The Morgan fingerprint density at radius 1 is 1.22 bits per heavy atom. The van der Waals surface area contributed by atoms with Gasteiger partial charge in [0.05, 0.1) is 0 Å². The summed E-state index contributed by atoms with van der Waals surface area (Å²) in [5.74, 6) is 1.29. The molecule has 1 saturated carbocycles. The average Bonchev–Trinajstić information content (AvgIpc) is 2.68. The molecule has 0 bridgehead atoms. The third kappa shape index (κ3) is 3.41. The van der Waals surface area contributed by atoms with Crippen molar-refractivity contribution in [3.63, 3.8) is 0 Å². The lowest BCUT2D eigenvalue weighted by molar-refractivity contribution is -0.137. The lowest BCUT2D eigenvalue weighted by Gasteiger charge is -2.30. The largest absolute Gasteiger partial charge is 0.379 e. The number of carbonyl (C=O) groups is 1. The van der Waals surface area contributed by atoms with E-state index in [9.17, 15) is 9.90 Å². The first kappa shape index (κ1) is 14.2. The molecule has 1 heterocycles. The van der Waals surface area contributed by atoms with Crippen molar-refractivity contribution in [2.75, 3.05) is 18.1 Å². The molecule has 0 aromatic heterocycles. The minimum Gasteiger partial charge on any atom is -0.379 e. The summed E-state index contributed by atoms with van der Waals surface area (Å²) < 4.78 is 0. The summed E-state index contributed by atoms with van der Waals surface area (Å²) >= 11 is 1.66. The lowest BCUT2D eigenvalue weighted by Crippen LogP contribution is -2.49.